The molecule has 2 fully saturated rings. The van der Waals surface area contributed by atoms with Gasteiger partial charge in [-0.3, -0.25) is 0 Å². The molecule has 3 rings (SSSR count). The molecule has 2 aliphatic rings. The van der Waals surface area contributed by atoms with E-state index in [1.807, 2.05) is 12.1 Å². The number of halogens is 1. The number of ether oxygens (including phenoxy) is 1. The zero-order chi connectivity index (χ0) is 14.7. The van der Waals surface area contributed by atoms with Crippen LogP contribution in [0.2, 0.25) is 0 Å². The molecule has 1 spiro atoms. The molecular weight excluding hydrogens is 265 g/mol. The summed E-state index contributed by atoms with van der Waals surface area (Å²) in [6.45, 7) is 5.20. The molecule has 3 heteroatoms. The van der Waals surface area contributed by atoms with E-state index in [0.29, 0.717) is 17.4 Å². The molecule has 2 aliphatic heterocycles. The van der Waals surface area contributed by atoms with Crippen molar-refractivity contribution in [1.82, 2.24) is 5.32 Å². The summed E-state index contributed by atoms with van der Waals surface area (Å²) in [5.74, 6) is 0.336. The first-order chi connectivity index (χ1) is 10.2. The van der Waals surface area contributed by atoms with E-state index in [1.165, 1.54) is 18.4 Å². The van der Waals surface area contributed by atoms with Crippen LogP contribution in [0.25, 0.3) is 0 Å². The smallest absolute Gasteiger partial charge is 0.123 e. The molecule has 3 atom stereocenters. The van der Waals surface area contributed by atoms with Crippen LogP contribution >= 0.6 is 0 Å². The van der Waals surface area contributed by atoms with E-state index >= 15 is 0 Å². The van der Waals surface area contributed by atoms with Crippen molar-refractivity contribution in [1.29, 1.82) is 0 Å². The molecule has 1 aromatic rings. The van der Waals surface area contributed by atoms with Crippen LogP contribution in [0.4, 0.5) is 4.39 Å². The Balaban J connectivity index is 1.84. The van der Waals surface area contributed by atoms with Gasteiger partial charge in [-0.25, -0.2) is 4.39 Å². The highest BCUT2D eigenvalue weighted by Gasteiger charge is 2.44. The number of benzene rings is 1. The first-order valence-corrected chi connectivity index (χ1v) is 8.31. The number of nitrogens with one attached hydrogen (secondary N) is 1. The lowest BCUT2D eigenvalue weighted by Crippen LogP contribution is -2.48. The Morgan fingerprint density at radius 3 is 2.86 bits per heavy atom. The lowest BCUT2D eigenvalue weighted by molar-refractivity contribution is -0.0711. The van der Waals surface area contributed by atoms with Gasteiger partial charge in [-0.05, 0) is 55.3 Å². The molecule has 1 N–H and O–H groups in total. The van der Waals surface area contributed by atoms with Crippen LogP contribution in [0.3, 0.4) is 0 Å². The van der Waals surface area contributed by atoms with Gasteiger partial charge in [0, 0.05) is 19.1 Å². The highest BCUT2D eigenvalue weighted by molar-refractivity contribution is 5.25. The third-order valence-corrected chi connectivity index (χ3v) is 5.36. The number of hydrogen-bond donors (Lipinski definition) is 1. The fourth-order valence-electron chi connectivity index (χ4n) is 4.24. The van der Waals surface area contributed by atoms with Crippen LogP contribution in [0.5, 0.6) is 0 Å². The number of hydrogen-bond acceptors (Lipinski definition) is 2. The van der Waals surface area contributed by atoms with Crippen molar-refractivity contribution >= 4 is 0 Å². The van der Waals surface area contributed by atoms with E-state index in [-0.39, 0.29) is 5.82 Å². The van der Waals surface area contributed by atoms with Gasteiger partial charge in [0.1, 0.15) is 5.82 Å². The predicted octanol–water partition coefficient (Wildman–Crippen LogP) is 3.87. The molecule has 21 heavy (non-hydrogen) atoms. The summed E-state index contributed by atoms with van der Waals surface area (Å²) < 4.78 is 19.2. The quantitative estimate of drug-likeness (QED) is 0.913. The Bertz CT molecular complexity index is 455. The Morgan fingerprint density at radius 2 is 2.10 bits per heavy atom. The first kappa shape index (κ1) is 15.0. The molecular formula is C18H26FNO. The Hall–Kier alpha value is -0.930. The van der Waals surface area contributed by atoms with Gasteiger partial charge in [-0.1, -0.05) is 25.5 Å². The molecule has 0 radical (unpaired) electrons. The standard InChI is InChI=1S/C18H26FNO/c1-2-3-16-12-18(9-11-21-16)8-10-20-13-17(18)14-4-6-15(19)7-5-14/h4-7,16-17,20H,2-3,8-13H2,1H3. The van der Waals surface area contributed by atoms with E-state index in [1.54, 1.807) is 12.1 Å². The Kier molecular flexibility index (Phi) is 4.60. The second-order valence-electron chi connectivity index (χ2n) is 6.66. The summed E-state index contributed by atoms with van der Waals surface area (Å²) in [5.41, 5.74) is 1.61. The molecule has 2 heterocycles. The number of rotatable bonds is 3. The summed E-state index contributed by atoms with van der Waals surface area (Å²) in [4.78, 5) is 0. The summed E-state index contributed by atoms with van der Waals surface area (Å²) in [6, 6.07) is 7.14. The van der Waals surface area contributed by atoms with Crippen LogP contribution in [-0.4, -0.2) is 25.8 Å². The van der Waals surface area contributed by atoms with Crippen molar-refractivity contribution in [2.24, 2.45) is 5.41 Å². The minimum atomic E-state index is -0.146. The van der Waals surface area contributed by atoms with Gasteiger partial charge in [0.25, 0.3) is 0 Å². The minimum Gasteiger partial charge on any atom is -0.378 e. The molecule has 3 unspecified atom stereocenters. The molecule has 0 amide bonds. The highest BCUT2D eigenvalue weighted by atomic mass is 19.1. The van der Waals surface area contributed by atoms with Gasteiger partial charge >= 0.3 is 0 Å². The highest BCUT2D eigenvalue weighted by Crippen LogP contribution is 2.50. The zero-order valence-corrected chi connectivity index (χ0v) is 12.9. The van der Waals surface area contributed by atoms with E-state index in [4.69, 9.17) is 4.74 Å². The molecule has 0 bridgehead atoms. The molecule has 116 valence electrons. The van der Waals surface area contributed by atoms with Gasteiger partial charge in [-0.2, -0.15) is 0 Å². The lowest BCUT2D eigenvalue weighted by atomic mass is 9.62. The number of piperidine rings is 1. The Labute approximate surface area is 127 Å². The third-order valence-electron chi connectivity index (χ3n) is 5.36. The second-order valence-corrected chi connectivity index (χ2v) is 6.66. The predicted molar refractivity (Wildman–Crippen MR) is 82.9 cm³/mol. The molecule has 0 aromatic heterocycles. The van der Waals surface area contributed by atoms with Crippen molar-refractivity contribution in [3.8, 4) is 0 Å². The van der Waals surface area contributed by atoms with Gasteiger partial charge in [0.15, 0.2) is 0 Å². The maximum atomic E-state index is 13.2. The van der Waals surface area contributed by atoms with E-state index in [9.17, 15) is 4.39 Å². The van der Waals surface area contributed by atoms with Crippen molar-refractivity contribution in [2.75, 3.05) is 19.7 Å². The summed E-state index contributed by atoms with van der Waals surface area (Å²) in [5, 5.41) is 3.53. The molecule has 1 aromatic carbocycles. The van der Waals surface area contributed by atoms with Crippen LogP contribution in [0, 0.1) is 11.2 Å². The minimum absolute atomic E-state index is 0.146. The fraction of sp³-hybridized carbons (Fsp3) is 0.667. The van der Waals surface area contributed by atoms with Crippen LogP contribution in [0.1, 0.15) is 50.5 Å². The van der Waals surface area contributed by atoms with E-state index in [0.717, 1.165) is 39.0 Å². The molecule has 0 aliphatic carbocycles. The van der Waals surface area contributed by atoms with Crippen molar-refractivity contribution in [3.05, 3.63) is 35.6 Å². The van der Waals surface area contributed by atoms with Crippen LogP contribution in [-0.2, 0) is 4.74 Å². The second kappa shape index (κ2) is 6.45. The Morgan fingerprint density at radius 1 is 1.29 bits per heavy atom. The molecule has 2 nitrogen and oxygen atoms in total. The largest absolute Gasteiger partial charge is 0.378 e. The topological polar surface area (TPSA) is 21.3 Å². The summed E-state index contributed by atoms with van der Waals surface area (Å²) in [6.07, 6.45) is 6.25. The molecule has 2 saturated heterocycles. The van der Waals surface area contributed by atoms with Gasteiger partial charge in [0.2, 0.25) is 0 Å². The fourth-order valence-corrected chi connectivity index (χ4v) is 4.24. The third kappa shape index (κ3) is 3.14. The summed E-state index contributed by atoms with van der Waals surface area (Å²) in [7, 11) is 0. The average molecular weight is 291 g/mol. The lowest BCUT2D eigenvalue weighted by Gasteiger charge is -2.49. The van der Waals surface area contributed by atoms with Gasteiger partial charge in [0.05, 0.1) is 6.10 Å². The maximum Gasteiger partial charge on any atom is 0.123 e. The average Bonchev–Trinajstić information content (AvgIpc) is 2.49. The van der Waals surface area contributed by atoms with E-state index in [2.05, 4.69) is 12.2 Å². The monoisotopic (exact) mass is 291 g/mol. The zero-order valence-electron chi connectivity index (χ0n) is 12.9. The SMILES string of the molecule is CCCC1CC2(CCNCC2c2ccc(F)cc2)CCO1. The van der Waals surface area contributed by atoms with Gasteiger partial charge < -0.3 is 10.1 Å². The van der Waals surface area contributed by atoms with Crippen molar-refractivity contribution in [3.63, 3.8) is 0 Å². The van der Waals surface area contributed by atoms with Crippen molar-refractivity contribution < 1.29 is 9.13 Å². The summed E-state index contributed by atoms with van der Waals surface area (Å²) >= 11 is 0. The van der Waals surface area contributed by atoms with E-state index < -0.39 is 0 Å². The first-order valence-electron chi connectivity index (χ1n) is 8.31. The molecule has 0 saturated carbocycles. The van der Waals surface area contributed by atoms with Gasteiger partial charge in [-0.15, -0.1) is 0 Å². The maximum absolute atomic E-state index is 13.2. The van der Waals surface area contributed by atoms with Crippen LogP contribution < -0.4 is 5.32 Å². The normalized spacial score (nSPS) is 33.2. The van der Waals surface area contributed by atoms with Crippen molar-refractivity contribution in [2.45, 2.75) is 51.0 Å². The van der Waals surface area contributed by atoms with Crippen LogP contribution in [0.15, 0.2) is 24.3 Å².